The molecule has 2 fully saturated rings. The van der Waals surface area contributed by atoms with Gasteiger partial charge in [0.1, 0.15) is 5.69 Å². The van der Waals surface area contributed by atoms with Crippen LogP contribution in [0.25, 0.3) is 22.0 Å². The lowest BCUT2D eigenvalue weighted by Crippen LogP contribution is -2.43. The number of aromatic nitrogens is 2. The van der Waals surface area contributed by atoms with E-state index in [9.17, 15) is 13.2 Å². The van der Waals surface area contributed by atoms with Gasteiger partial charge in [-0.25, -0.2) is 13.4 Å². The molecule has 10 heteroatoms. The minimum Gasteiger partial charge on any atom is -0.476 e. The molecule has 4 heterocycles. The molecular formula is C33H35N5O4S. The summed E-state index contributed by atoms with van der Waals surface area (Å²) in [6, 6.07) is 16.0. The molecule has 9 nitrogen and oxygen atoms in total. The Morgan fingerprint density at radius 2 is 1.74 bits per heavy atom. The number of likely N-dealkylation sites (N-methyl/N-ethyl adjacent to an activating group) is 1. The number of ether oxygens (including phenoxy) is 1. The second-order valence-corrected chi connectivity index (χ2v) is 13.5. The number of likely N-dealkylation sites (tertiary alicyclic amines) is 1. The molecule has 43 heavy (non-hydrogen) atoms. The van der Waals surface area contributed by atoms with Crippen LogP contribution in [0.4, 0.5) is 11.4 Å². The second-order valence-electron chi connectivity index (χ2n) is 11.8. The lowest BCUT2D eigenvalue weighted by molar-refractivity contribution is -0.125. The minimum atomic E-state index is -3.88. The molecule has 222 valence electrons. The number of amides is 1. The molecule has 4 aromatic rings. The smallest absolute Gasteiger partial charge is 0.262 e. The van der Waals surface area contributed by atoms with Crippen molar-refractivity contribution in [2.24, 2.45) is 0 Å². The van der Waals surface area contributed by atoms with E-state index in [1.807, 2.05) is 19.2 Å². The van der Waals surface area contributed by atoms with E-state index in [4.69, 9.17) is 4.74 Å². The summed E-state index contributed by atoms with van der Waals surface area (Å²) in [6.45, 7) is 3.61. The molecule has 2 aromatic heterocycles. The molecule has 3 aliphatic rings. The monoisotopic (exact) mass is 597 g/mol. The zero-order valence-electron chi connectivity index (χ0n) is 24.3. The van der Waals surface area contributed by atoms with Gasteiger partial charge >= 0.3 is 0 Å². The first-order chi connectivity index (χ1) is 20.9. The molecule has 1 N–H and O–H groups in total. The lowest BCUT2D eigenvalue weighted by Gasteiger charge is -2.37. The van der Waals surface area contributed by atoms with Crippen LogP contribution in [0.2, 0.25) is 0 Å². The molecule has 2 aromatic carbocycles. The van der Waals surface area contributed by atoms with Gasteiger partial charge in [0.25, 0.3) is 10.0 Å². The number of anilines is 2. The Morgan fingerprint density at radius 3 is 2.49 bits per heavy atom. The number of carbonyl (C=O) groups is 1. The van der Waals surface area contributed by atoms with E-state index in [-0.39, 0.29) is 22.4 Å². The van der Waals surface area contributed by atoms with Crippen LogP contribution in [0, 0.1) is 0 Å². The van der Waals surface area contributed by atoms with Gasteiger partial charge in [0.2, 0.25) is 11.8 Å². The van der Waals surface area contributed by atoms with Crippen molar-refractivity contribution in [2.45, 2.75) is 48.8 Å². The van der Waals surface area contributed by atoms with Gasteiger partial charge in [0, 0.05) is 36.3 Å². The summed E-state index contributed by atoms with van der Waals surface area (Å²) < 4.78 is 35.5. The quantitative estimate of drug-likeness (QED) is 0.259. The maximum Gasteiger partial charge on any atom is 0.262 e. The molecule has 0 atom stereocenters. The fourth-order valence-corrected chi connectivity index (χ4v) is 7.78. The molecule has 0 radical (unpaired) electrons. The Balaban J connectivity index is 1.24. The molecule has 1 amide bonds. The summed E-state index contributed by atoms with van der Waals surface area (Å²) in [6.07, 6.45) is 9.50. The maximum absolute atomic E-state index is 13.3. The number of hydrogen-bond acceptors (Lipinski definition) is 7. The first-order valence-corrected chi connectivity index (χ1v) is 16.5. The third-order valence-corrected chi connectivity index (χ3v) is 10.5. The summed E-state index contributed by atoms with van der Waals surface area (Å²) in [5.41, 5.74) is 4.13. The molecule has 0 unspecified atom stereocenters. The van der Waals surface area contributed by atoms with Gasteiger partial charge in [-0.1, -0.05) is 30.7 Å². The fraction of sp³-hybridized carbons (Fsp3) is 0.364. The van der Waals surface area contributed by atoms with Crippen molar-refractivity contribution >= 4 is 38.2 Å². The average Bonchev–Trinajstić information content (AvgIpc) is 3.60. The molecule has 2 aliphatic heterocycles. The van der Waals surface area contributed by atoms with Gasteiger partial charge < -0.3 is 14.5 Å². The number of carbonyl (C=O) groups excluding carboxylic acids is 1. The van der Waals surface area contributed by atoms with E-state index in [1.54, 1.807) is 53.7 Å². The molecule has 1 aliphatic carbocycles. The Hall–Kier alpha value is -4.02. The molecule has 0 bridgehead atoms. The van der Waals surface area contributed by atoms with Gasteiger partial charge in [-0.05, 0) is 81.1 Å². The summed E-state index contributed by atoms with van der Waals surface area (Å²) in [5.74, 6) is 0.382. The van der Waals surface area contributed by atoms with Crippen LogP contribution in [0.1, 0.15) is 44.1 Å². The van der Waals surface area contributed by atoms with Gasteiger partial charge in [-0.15, -0.1) is 0 Å². The van der Waals surface area contributed by atoms with Crippen LogP contribution >= 0.6 is 0 Å². The zero-order chi connectivity index (χ0) is 29.6. The normalized spacial score (nSPS) is 17.8. The molecule has 1 saturated heterocycles. The number of nitrogens with zero attached hydrogens (tertiary/aromatic N) is 4. The van der Waals surface area contributed by atoms with Crippen LogP contribution in [0.3, 0.4) is 0 Å². The van der Waals surface area contributed by atoms with Crippen molar-refractivity contribution in [1.29, 1.82) is 0 Å². The zero-order valence-corrected chi connectivity index (χ0v) is 25.1. The van der Waals surface area contributed by atoms with Crippen LogP contribution in [0.15, 0.2) is 71.9 Å². The van der Waals surface area contributed by atoms with Crippen molar-refractivity contribution in [1.82, 2.24) is 14.9 Å². The largest absolute Gasteiger partial charge is 0.476 e. The average molecular weight is 598 g/mol. The van der Waals surface area contributed by atoms with Crippen LogP contribution in [-0.2, 0) is 20.2 Å². The van der Waals surface area contributed by atoms with E-state index in [1.165, 1.54) is 12.8 Å². The summed E-state index contributed by atoms with van der Waals surface area (Å²) >= 11 is 0. The lowest BCUT2D eigenvalue weighted by atomic mass is 9.64. The van der Waals surface area contributed by atoms with E-state index < -0.39 is 15.4 Å². The molecule has 1 spiro atoms. The van der Waals surface area contributed by atoms with Crippen molar-refractivity contribution in [2.75, 3.05) is 42.9 Å². The predicted octanol–water partition coefficient (Wildman–Crippen LogP) is 5.36. The summed E-state index contributed by atoms with van der Waals surface area (Å²) in [5, 5.41) is 0.945. The van der Waals surface area contributed by atoms with Crippen LogP contribution < -0.4 is 14.4 Å². The van der Waals surface area contributed by atoms with E-state index in [0.29, 0.717) is 6.61 Å². The number of benzene rings is 2. The Kier molecular flexibility index (Phi) is 7.05. The van der Waals surface area contributed by atoms with Crippen molar-refractivity contribution in [3.8, 4) is 17.0 Å². The number of fused-ring (bicyclic) bond motifs is 4. The SMILES string of the molecule is CN1C(=O)C2(CCC2)c2c1cnc1ccc(-c3cnc(OCCCN4CCCC4)c(NS(=O)(=O)c4ccccc4)c3)cc21. The number of pyridine rings is 2. The first kappa shape index (κ1) is 27.8. The number of rotatable bonds is 9. The van der Waals surface area contributed by atoms with Gasteiger partial charge in [0.05, 0.1) is 34.3 Å². The fourth-order valence-electron chi connectivity index (χ4n) is 6.72. The van der Waals surface area contributed by atoms with Gasteiger partial charge in [0.15, 0.2) is 0 Å². The van der Waals surface area contributed by atoms with E-state index >= 15 is 0 Å². The standard InChI is InChI=1S/C33H35N5O4S/c1-37-29-22-34-27-12-11-23(19-26(27)30(29)33(32(37)39)13-7-14-33)24-20-28(36-43(40,41)25-9-3-2-4-10-25)31(35-21-24)42-18-8-17-38-15-5-6-16-38/h2-4,9-12,19-22,36H,5-8,13-18H2,1H3. The van der Waals surface area contributed by atoms with E-state index in [2.05, 4.69) is 25.7 Å². The summed E-state index contributed by atoms with van der Waals surface area (Å²) in [4.78, 5) is 26.9. The predicted molar refractivity (Wildman–Crippen MR) is 167 cm³/mol. The Bertz CT molecular complexity index is 1800. The van der Waals surface area contributed by atoms with E-state index in [0.717, 1.165) is 78.6 Å². The topological polar surface area (TPSA) is 105 Å². The highest BCUT2D eigenvalue weighted by Crippen LogP contribution is 2.55. The highest BCUT2D eigenvalue weighted by atomic mass is 32.2. The van der Waals surface area contributed by atoms with Crippen molar-refractivity contribution in [3.63, 3.8) is 0 Å². The summed E-state index contributed by atoms with van der Waals surface area (Å²) in [7, 11) is -2.05. The second kappa shape index (κ2) is 10.9. The minimum absolute atomic E-state index is 0.138. The number of hydrogen-bond donors (Lipinski definition) is 1. The maximum atomic E-state index is 13.3. The number of nitrogens with one attached hydrogen (secondary N) is 1. The highest BCUT2D eigenvalue weighted by Gasteiger charge is 2.54. The number of sulfonamides is 1. The Labute approximate surface area is 251 Å². The van der Waals surface area contributed by atoms with Gasteiger partial charge in [-0.2, -0.15) is 0 Å². The van der Waals surface area contributed by atoms with Gasteiger partial charge in [-0.3, -0.25) is 14.5 Å². The van der Waals surface area contributed by atoms with Crippen LogP contribution in [0.5, 0.6) is 5.88 Å². The Morgan fingerprint density at radius 1 is 0.953 bits per heavy atom. The van der Waals surface area contributed by atoms with Crippen LogP contribution in [-0.4, -0.2) is 62.5 Å². The molecular weight excluding hydrogens is 562 g/mol. The van der Waals surface area contributed by atoms with Crippen molar-refractivity contribution in [3.05, 3.63) is 72.6 Å². The third kappa shape index (κ3) is 4.92. The van der Waals surface area contributed by atoms with Crippen molar-refractivity contribution < 1.29 is 17.9 Å². The third-order valence-electron chi connectivity index (χ3n) is 9.15. The molecule has 1 saturated carbocycles. The highest BCUT2D eigenvalue weighted by molar-refractivity contribution is 7.92. The first-order valence-electron chi connectivity index (χ1n) is 15.0. The molecule has 7 rings (SSSR count).